The number of anilines is 2. The molecule has 0 fully saturated rings. The lowest BCUT2D eigenvalue weighted by Gasteiger charge is -2.23. The molecule has 0 spiro atoms. The molecule has 1 amide bonds. The molecule has 0 saturated carbocycles. The number of amides is 1. The van der Waals surface area contributed by atoms with Crippen LogP contribution in [-0.4, -0.2) is 13.0 Å². The van der Waals surface area contributed by atoms with Gasteiger partial charge in [-0.05, 0) is 42.8 Å². The first-order valence-electron chi connectivity index (χ1n) is 6.14. The summed E-state index contributed by atoms with van der Waals surface area (Å²) in [6.45, 7) is 3.54. The Morgan fingerprint density at radius 3 is 2.32 bits per heavy atom. The SMILES string of the molecule is COc1ccc(N(C(C)=O)c2ccccc2)c(C)c1. The quantitative estimate of drug-likeness (QED) is 0.837. The lowest BCUT2D eigenvalue weighted by molar-refractivity contribution is -0.115. The first-order chi connectivity index (χ1) is 9.13. The van der Waals surface area contributed by atoms with Crippen LogP contribution < -0.4 is 9.64 Å². The minimum atomic E-state index is -0.0144. The first kappa shape index (κ1) is 13.1. The fourth-order valence-corrected chi connectivity index (χ4v) is 2.07. The van der Waals surface area contributed by atoms with Crippen molar-refractivity contribution in [1.29, 1.82) is 0 Å². The zero-order chi connectivity index (χ0) is 13.8. The van der Waals surface area contributed by atoms with Crippen LogP contribution in [0.1, 0.15) is 12.5 Å². The van der Waals surface area contributed by atoms with E-state index in [1.807, 2.05) is 55.5 Å². The number of carbonyl (C=O) groups excluding carboxylic acids is 1. The predicted molar refractivity (Wildman–Crippen MR) is 77.0 cm³/mol. The standard InChI is InChI=1S/C16H17NO2/c1-12-11-15(19-3)9-10-16(12)17(13(2)18)14-7-5-4-6-8-14/h4-11H,1-3H3. The topological polar surface area (TPSA) is 29.5 Å². The molecule has 0 aliphatic rings. The van der Waals surface area contributed by atoms with Gasteiger partial charge >= 0.3 is 0 Å². The normalized spacial score (nSPS) is 10.1. The van der Waals surface area contributed by atoms with Gasteiger partial charge < -0.3 is 4.74 Å². The third kappa shape index (κ3) is 2.76. The summed E-state index contributed by atoms with van der Waals surface area (Å²) in [6, 6.07) is 15.3. The van der Waals surface area contributed by atoms with Gasteiger partial charge in [0.15, 0.2) is 0 Å². The second-order valence-corrected chi connectivity index (χ2v) is 4.34. The van der Waals surface area contributed by atoms with Crippen LogP contribution in [0.2, 0.25) is 0 Å². The molecule has 2 rings (SSSR count). The fraction of sp³-hybridized carbons (Fsp3) is 0.188. The van der Waals surface area contributed by atoms with Crippen molar-refractivity contribution in [2.75, 3.05) is 12.0 Å². The summed E-state index contributed by atoms with van der Waals surface area (Å²) in [5.41, 5.74) is 2.74. The highest BCUT2D eigenvalue weighted by molar-refractivity contribution is 5.99. The maximum Gasteiger partial charge on any atom is 0.228 e. The monoisotopic (exact) mass is 255 g/mol. The summed E-state index contributed by atoms with van der Waals surface area (Å²) >= 11 is 0. The number of nitrogens with zero attached hydrogens (tertiary/aromatic N) is 1. The highest BCUT2D eigenvalue weighted by Crippen LogP contribution is 2.30. The number of hydrogen-bond acceptors (Lipinski definition) is 2. The van der Waals surface area contributed by atoms with Crippen LogP contribution in [0, 0.1) is 6.92 Å². The van der Waals surface area contributed by atoms with E-state index < -0.39 is 0 Å². The van der Waals surface area contributed by atoms with Gasteiger partial charge in [-0.25, -0.2) is 0 Å². The number of rotatable bonds is 3. The Balaban J connectivity index is 2.49. The van der Waals surface area contributed by atoms with E-state index in [4.69, 9.17) is 4.74 Å². The fourth-order valence-electron chi connectivity index (χ4n) is 2.07. The Hall–Kier alpha value is -2.29. The summed E-state index contributed by atoms with van der Waals surface area (Å²) in [7, 11) is 1.63. The van der Waals surface area contributed by atoms with Gasteiger partial charge in [0.1, 0.15) is 5.75 Å². The zero-order valence-corrected chi connectivity index (χ0v) is 11.4. The van der Waals surface area contributed by atoms with Gasteiger partial charge in [-0.15, -0.1) is 0 Å². The first-order valence-corrected chi connectivity index (χ1v) is 6.14. The average molecular weight is 255 g/mol. The molecule has 0 N–H and O–H groups in total. The van der Waals surface area contributed by atoms with Crippen LogP contribution in [0.4, 0.5) is 11.4 Å². The molecule has 0 unspecified atom stereocenters. The molecule has 0 heterocycles. The summed E-state index contributed by atoms with van der Waals surface area (Å²) in [4.78, 5) is 13.6. The largest absolute Gasteiger partial charge is 0.497 e. The van der Waals surface area contributed by atoms with E-state index >= 15 is 0 Å². The highest BCUT2D eigenvalue weighted by Gasteiger charge is 2.16. The van der Waals surface area contributed by atoms with Crippen molar-refractivity contribution < 1.29 is 9.53 Å². The Bertz CT molecular complexity index is 579. The zero-order valence-electron chi connectivity index (χ0n) is 11.4. The summed E-state index contributed by atoms with van der Waals surface area (Å²) in [6.07, 6.45) is 0. The summed E-state index contributed by atoms with van der Waals surface area (Å²) < 4.78 is 5.19. The smallest absolute Gasteiger partial charge is 0.228 e. The van der Waals surface area contributed by atoms with Crippen molar-refractivity contribution in [2.45, 2.75) is 13.8 Å². The Labute approximate surface area is 113 Å². The van der Waals surface area contributed by atoms with E-state index in [0.29, 0.717) is 0 Å². The van der Waals surface area contributed by atoms with E-state index in [2.05, 4.69) is 0 Å². The molecule has 3 heteroatoms. The highest BCUT2D eigenvalue weighted by atomic mass is 16.5. The molecule has 0 radical (unpaired) electrons. The molecule has 19 heavy (non-hydrogen) atoms. The Kier molecular flexibility index (Phi) is 3.85. The lowest BCUT2D eigenvalue weighted by Crippen LogP contribution is -2.23. The van der Waals surface area contributed by atoms with Gasteiger partial charge in [0, 0.05) is 12.6 Å². The van der Waals surface area contributed by atoms with Gasteiger partial charge in [-0.2, -0.15) is 0 Å². The second-order valence-electron chi connectivity index (χ2n) is 4.34. The average Bonchev–Trinajstić information content (AvgIpc) is 2.41. The van der Waals surface area contributed by atoms with E-state index in [-0.39, 0.29) is 5.91 Å². The van der Waals surface area contributed by atoms with Crippen LogP contribution in [0.5, 0.6) is 5.75 Å². The number of hydrogen-bond donors (Lipinski definition) is 0. The third-order valence-electron chi connectivity index (χ3n) is 2.97. The van der Waals surface area contributed by atoms with Crippen molar-refractivity contribution in [2.24, 2.45) is 0 Å². The van der Waals surface area contributed by atoms with Crippen LogP contribution in [0.3, 0.4) is 0 Å². The van der Waals surface area contributed by atoms with E-state index in [0.717, 1.165) is 22.7 Å². The minimum Gasteiger partial charge on any atom is -0.497 e. The van der Waals surface area contributed by atoms with Crippen molar-refractivity contribution in [3.8, 4) is 5.75 Å². The minimum absolute atomic E-state index is 0.0144. The van der Waals surface area contributed by atoms with Crippen molar-refractivity contribution in [1.82, 2.24) is 0 Å². The molecule has 0 saturated heterocycles. The second kappa shape index (κ2) is 5.57. The van der Waals surface area contributed by atoms with E-state index in [1.165, 1.54) is 0 Å². The molecule has 2 aromatic rings. The number of aryl methyl sites for hydroxylation is 1. The molecule has 3 nitrogen and oxygen atoms in total. The molecule has 2 aromatic carbocycles. The van der Waals surface area contributed by atoms with Gasteiger partial charge in [-0.1, -0.05) is 18.2 Å². The van der Waals surface area contributed by atoms with Gasteiger partial charge in [0.05, 0.1) is 12.8 Å². The predicted octanol–water partition coefficient (Wildman–Crippen LogP) is 3.69. The molecule has 0 aliphatic heterocycles. The molecular formula is C16H17NO2. The van der Waals surface area contributed by atoms with E-state index in [1.54, 1.807) is 18.9 Å². The van der Waals surface area contributed by atoms with Gasteiger partial charge in [0.25, 0.3) is 0 Å². The molecule has 0 aromatic heterocycles. The van der Waals surface area contributed by atoms with Crippen molar-refractivity contribution in [3.63, 3.8) is 0 Å². The number of methoxy groups -OCH3 is 1. The summed E-state index contributed by atoms with van der Waals surface area (Å²) in [5.74, 6) is 0.775. The van der Waals surface area contributed by atoms with Crippen LogP contribution in [-0.2, 0) is 4.79 Å². The lowest BCUT2D eigenvalue weighted by atomic mass is 10.1. The van der Waals surface area contributed by atoms with Crippen LogP contribution in [0.25, 0.3) is 0 Å². The maximum atomic E-state index is 11.9. The number of ether oxygens (including phenoxy) is 1. The molecular weight excluding hydrogens is 238 g/mol. The Morgan fingerprint density at radius 2 is 1.79 bits per heavy atom. The third-order valence-corrected chi connectivity index (χ3v) is 2.97. The number of para-hydroxylation sites is 1. The van der Waals surface area contributed by atoms with Crippen molar-refractivity contribution in [3.05, 3.63) is 54.1 Å². The van der Waals surface area contributed by atoms with Crippen LogP contribution in [0.15, 0.2) is 48.5 Å². The molecule has 0 aliphatic carbocycles. The van der Waals surface area contributed by atoms with Gasteiger partial charge in [-0.3, -0.25) is 9.69 Å². The van der Waals surface area contributed by atoms with E-state index in [9.17, 15) is 4.79 Å². The number of carbonyl (C=O) groups is 1. The number of benzene rings is 2. The Morgan fingerprint density at radius 1 is 1.11 bits per heavy atom. The molecule has 98 valence electrons. The molecule has 0 bridgehead atoms. The maximum absolute atomic E-state index is 11.9. The molecule has 0 atom stereocenters. The van der Waals surface area contributed by atoms with Crippen molar-refractivity contribution >= 4 is 17.3 Å². The van der Waals surface area contributed by atoms with Gasteiger partial charge in [0.2, 0.25) is 5.91 Å². The van der Waals surface area contributed by atoms with Crippen LogP contribution >= 0.6 is 0 Å². The summed E-state index contributed by atoms with van der Waals surface area (Å²) in [5, 5.41) is 0.